The number of nitrogens with zero attached hydrogens (tertiary/aromatic N) is 3. The lowest BCUT2D eigenvalue weighted by molar-refractivity contribution is -0.123. The first kappa shape index (κ1) is 18.3. The Morgan fingerprint density at radius 3 is 2.81 bits per heavy atom. The van der Waals surface area contributed by atoms with Crippen LogP contribution in [0.25, 0.3) is 0 Å². The van der Waals surface area contributed by atoms with E-state index in [4.69, 9.17) is 17.0 Å². The molecule has 27 heavy (non-hydrogen) atoms. The molecule has 3 heterocycles. The topological polar surface area (TPSA) is 62.2 Å². The fourth-order valence-electron chi connectivity index (χ4n) is 3.34. The van der Waals surface area contributed by atoms with Gasteiger partial charge in [-0.05, 0) is 38.0 Å². The van der Waals surface area contributed by atoms with Crippen LogP contribution in [0, 0.1) is 5.92 Å². The van der Waals surface area contributed by atoms with E-state index in [0.717, 1.165) is 19.4 Å². The molecule has 2 atom stereocenters. The lowest BCUT2D eigenvalue weighted by Crippen LogP contribution is -2.35. The van der Waals surface area contributed by atoms with Crippen LogP contribution in [0.4, 0.5) is 5.69 Å². The molecule has 2 fully saturated rings. The molecule has 3 aliphatic rings. The second kappa shape index (κ2) is 7.53. The van der Waals surface area contributed by atoms with E-state index in [1.807, 2.05) is 30.3 Å². The van der Waals surface area contributed by atoms with Gasteiger partial charge in [0.25, 0.3) is 11.8 Å². The monoisotopic (exact) mass is 401 g/mol. The summed E-state index contributed by atoms with van der Waals surface area (Å²) in [5.74, 6) is -0.871. The number of hydrazone groups is 1. The van der Waals surface area contributed by atoms with Crippen LogP contribution in [0.3, 0.4) is 0 Å². The van der Waals surface area contributed by atoms with Gasteiger partial charge >= 0.3 is 0 Å². The third-order valence-electron chi connectivity index (χ3n) is 4.79. The van der Waals surface area contributed by atoms with Crippen molar-refractivity contribution in [3.8, 4) is 0 Å². The van der Waals surface area contributed by atoms with Crippen molar-refractivity contribution in [2.24, 2.45) is 11.0 Å². The molecule has 2 saturated heterocycles. The maximum absolute atomic E-state index is 12.8. The van der Waals surface area contributed by atoms with E-state index >= 15 is 0 Å². The third-order valence-corrected chi connectivity index (χ3v) is 6.18. The van der Waals surface area contributed by atoms with Crippen LogP contribution in [-0.2, 0) is 14.3 Å². The number of hydrogen-bond donors (Lipinski definition) is 0. The summed E-state index contributed by atoms with van der Waals surface area (Å²) in [5.41, 5.74) is 1.37. The fourth-order valence-corrected chi connectivity index (χ4v) is 4.62. The Kier molecular flexibility index (Phi) is 5.12. The Bertz CT molecular complexity index is 847. The molecule has 8 heteroatoms. The SMILES string of the molecule is CC1=NN(c2ccccc2)C(=O)[C@H]1/C=C1\SC(=S)N(C[C@H]2CCCO2)C1=O. The van der Waals surface area contributed by atoms with Gasteiger partial charge in [-0.1, -0.05) is 42.2 Å². The van der Waals surface area contributed by atoms with Crippen LogP contribution < -0.4 is 5.01 Å². The number of ether oxygens (including phenoxy) is 1. The number of para-hydroxylation sites is 1. The molecule has 2 amide bonds. The number of rotatable bonds is 4. The van der Waals surface area contributed by atoms with Crippen LogP contribution in [0.2, 0.25) is 0 Å². The molecule has 0 aliphatic carbocycles. The Morgan fingerprint density at radius 2 is 2.11 bits per heavy atom. The van der Waals surface area contributed by atoms with Crippen LogP contribution in [0.15, 0.2) is 46.4 Å². The van der Waals surface area contributed by atoms with Crippen molar-refractivity contribution in [1.29, 1.82) is 0 Å². The van der Waals surface area contributed by atoms with Crippen LogP contribution in [0.1, 0.15) is 19.8 Å². The normalized spacial score (nSPS) is 27.2. The predicted molar refractivity (Wildman–Crippen MR) is 109 cm³/mol. The van der Waals surface area contributed by atoms with Crippen molar-refractivity contribution in [3.05, 3.63) is 41.3 Å². The first-order valence-electron chi connectivity index (χ1n) is 8.86. The van der Waals surface area contributed by atoms with E-state index in [2.05, 4.69) is 5.10 Å². The number of benzene rings is 1. The van der Waals surface area contributed by atoms with E-state index in [0.29, 0.717) is 27.2 Å². The molecular formula is C19H19N3O3S2. The van der Waals surface area contributed by atoms with E-state index < -0.39 is 5.92 Å². The summed E-state index contributed by atoms with van der Waals surface area (Å²) in [4.78, 5) is 27.7. The fraction of sp³-hybridized carbons (Fsp3) is 0.368. The maximum Gasteiger partial charge on any atom is 0.265 e. The zero-order chi connectivity index (χ0) is 19.0. The van der Waals surface area contributed by atoms with Gasteiger partial charge in [0.1, 0.15) is 4.32 Å². The highest BCUT2D eigenvalue weighted by Gasteiger charge is 2.38. The van der Waals surface area contributed by atoms with Gasteiger partial charge in [0, 0.05) is 6.61 Å². The largest absolute Gasteiger partial charge is 0.376 e. The average molecular weight is 402 g/mol. The van der Waals surface area contributed by atoms with Gasteiger partial charge in [-0.2, -0.15) is 10.1 Å². The number of thiocarbonyl (C=S) groups is 1. The summed E-state index contributed by atoms with van der Waals surface area (Å²) in [5, 5.41) is 5.77. The standard InChI is InChI=1S/C19H19N3O3S2/c1-12-15(17(23)22(20-12)13-6-3-2-4-7-13)10-16-18(24)21(19(26)27-16)11-14-8-5-9-25-14/h2-4,6-7,10,14-15H,5,8-9,11H2,1H3/b16-10-/t14-,15+/m1/s1. The molecule has 140 valence electrons. The Morgan fingerprint density at radius 1 is 1.33 bits per heavy atom. The minimum absolute atomic E-state index is 0.0387. The number of amides is 2. The molecule has 1 aromatic carbocycles. The highest BCUT2D eigenvalue weighted by atomic mass is 32.2. The number of thioether (sulfide) groups is 1. The van der Waals surface area contributed by atoms with Crippen molar-refractivity contribution in [3.63, 3.8) is 0 Å². The number of hydrogen-bond acceptors (Lipinski definition) is 6. The van der Waals surface area contributed by atoms with Crippen LogP contribution in [-0.4, -0.2) is 46.0 Å². The smallest absolute Gasteiger partial charge is 0.265 e. The summed E-state index contributed by atoms with van der Waals surface area (Å²) in [7, 11) is 0. The van der Waals surface area contributed by atoms with Crippen LogP contribution in [0.5, 0.6) is 0 Å². The molecule has 6 nitrogen and oxygen atoms in total. The highest BCUT2D eigenvalue weighted by Crippen LogP contribution is 2.34. The summed E-state index contributed by atoms with van der Waals surface area (Å²) in [6.45, 7) is 3.01. The van der Waals surface area contributed by atoms with Gasteiger partial charge < -0.3 is 4.74 Å². The molecule has 0 radical (unpaired) electrons. The molecule has 0 bridgehead atoms. The molecule has 4 rings (SSSR count). The number of anilines is 1. The average Bonchev–Trinajstić information content (AvgIpc) is 3.35. The molecular weight excluding hydrogens is 382 g/mol. The van der Waals surface area contributed by atoms with Crippen molar-refractivity contribution >= 4 is 51.5 Å². The van der Waals surface area contributed by atoms with Gasteiger partial charge in [0.15, 0.2) is 0 Å². The van der Waals surface area contributed by atoms with E-state index in [1.165, 1.54) is 16.8 Å². The van der Waals surface area contributed by atoms with E-state index in [-0.39, 0.29) is 17.9 Å². The zero-order valence-electron chi connectivity index (χ0n) is 14.8. The number of carbonyl (C=O) groups is 2. The lowest BCUT2D eigenvalue weighted by atomic mass is 10.0. The van der Waals surface area contributed by atoms with Gasteiger partial charge in [-0.15, -0.1) is 0 Å². The quantitative estimate of drug-likeness (QED) is 0.573. The van der Waals surface area contributed by atoms with Gasteiger partial charge in [-0.25, -0.2) is 0 Å². The Hall–Kier alpha value is -2.03. The number of carbonyl (C=O) groups excluding carboxylic acids is 2. The molecule has 0 spiro atoms. The first-order valence-corrected chi connectivity index (χ1v) is 10.1. The van der Waals surface area contributed by atoms with E-state index in [1.54, 1.807) is 17.9 Å². The Labute approximate surface area is 167 Å². The minimum Gasteiger partial charge on any atom is -0.376 e. The van der Waals surface area contributed by atoms with E-state index in [9.17, 15) is 9.59 Å². The summed E-state index contributed by atoms with van der Waals surface area (Å²) < 4.78 is 6.13. The van der Waals surface area contributed by atoms with Crippen molar-refractivity contribution in [2.75, 3.05) is 18.2 Å². The maximum atomic E-state index is 12.8. The zero-order valence-corrected chi connectivity index (χ0v) is 16.5. The second-order valence-corrected chi connectivity index (χ2v) is 8.33. The van der Waals surface area contributed by atoms with Gasteiger partial charge in [-0.3, -0.25) is 14.5 Å². The van der Waals surface area contributed by atoms with Crippen LogP contribution >= 0.6 is 24.0 Å². The summed E-state index contributed by atoms with van der Waals surface area (Å²) in [6.07, 6.45) is 3.68. The highest BCUT2D eigenvalue weighted by molar-refractivity contribution is 8.26. The first-order chi connectivity index (χ1) is 13.0. The molecule has 1 aromatic rings. The second-order valence-electron chi connectivity index (χ2n) is 6.65. The van der Waals surface area contributed by atoms with Crippen molar-refractivity contribution in [2.45, 2.75) is 25.9 Å². The molecule has 0 aromatic heterocycles. The minimum atomic E-state index is -0.554. The summed E-state index contributed by atoms with van der Waals surface area (Å²) >= 11 is 6.62. The summed E-state index contributed by atoms with van der Waals surface area (Å²) in [6, 6.07) is 9.27. The third kappa shape index (κ3) is 3.56. The lowest BCUT2D eigenvalue weighted by Gasteiger charge is -2.18. The molecule has 0 saturated carbocycles. The molecule has 3 aliphatic heterocycles. The van der Waals surface area contributed by atoms with Gasteiger partial charge in [0.2, 0.25) is 0 Å². The molecule has 0 unspecified atom stereocenters. The predicted octanol–water partition coefficient (Wildman–Crippen LogP) is 2.95. The van der Waals surface area contributed by atoms with Crippen molar-refractivity contribution < 1.29 is 14.3 Å². The van der Waals surface area contributed by atoms with Gasteiger partial charge in [0.05, 0.1) is 34.9 Å². The Balaban J connectivity index is 1.51. The van der Waals surface area contributed by atoms with Crippen molar-refractivity contribution in [1.82, 2.24) is 4.90 Å². The molecule has 0 N–H and O–H groups in total.